The number of nitrogens with one attached hydrogen (secondary N) is 1. The largest absolute Gasteiger partial charge is 0.487 e. The van der Waals surface area contributed by atoms with Crippen LogP contribution in [0.2, 0.25) is 0 Å². The first kappa shape index (κ1) is 15.5. The quantitative estimate of drug-likeness (QED) is 0.858. The minimum Gasteiger partial charge on any atom is -0.487 e. The summed E-state index contributed by atoms with van der Waals surface area (Å²) in [5, 5.41) is 14.6. The van der Waals surface area contributed by atoms with Gasteiger partial charge in [0.05, 0.1) is 17.3 Å². The van der Waals surface area contributed by atoms with Crippen molar-refractivity contribution in [3.63, 3.8) is 0 Å². The molecular weight excluding hydrogens is 288 g/mol. The van der Waals surface area contributed by atoms with Crippen molar-refractivity contribution in [3.05, 3.63) is 45.9 Å². The van der Waals surface area contributed by atoms with Crippen LogP contribution in [-0.2, 0) is 6.61 Å². The molecular formula is C15H18N2O3S. The Bertz CT molecular complexity index is 612. The number of carbonyl (C=O) groups is 1. The van der Waals surface area contributed by atoms with E-state index in [4.69, 9.17) is 9.84 Å². The van der Waals surface area contributed by atoms with Gasteiger partial charge >= 0.3 is 0 Å². The highest BCUT2D eigenvalue weighted by Crippen LogP contribution is 2.16. The lowest BCUT2D eigenvalue weighted by molar-refractivity contribution is 0.0922. The van der Waals surface area contributed by atoms with Crippen LogP contribution in [0.3, 0.4) is 0 Å². The zero-order chi connectivity index (χ0) is 15.2. The van der Waals surface area contributed by atoms with Crippen LogP contribution in [0.5, 0.6) is 5.75 Å². The first-order valence-electron chi connectivity index (χ1n) is 6.64. The highest BCUT2D eigenvalue weighted by atomic mass is 32.1. The van der Waals surface area contributed by atoms with Crippen LogP contribution in [0.4, 0.5) is 0 Å². The number of benzene rings is 1. The zero-order valence-corrected chi connectivity index (χ0v) is 12.8. The molecule has 1 heterocycles. The minimum atomic E-state index is -0.278. The Kier molecular flexibility index (Phi) is 5.30. The van der Waals surface area contributed by atoms with E-state index in [2.05, 4.69) is 10.3 Å². The van der Waals surface area contributed by atoms with Gasteiger partial charge < -0.3 is 15.2 Å². The highest BCUT2D eigenvalue weighted by Gasteiger charge is 2.10. The van der Waals surface area contributed by atoms with Crippen molar-refractivity contribution >= 4 is 17.2 Å². The van der Waals surface area contributed by atoms with Gasteiger partial charge in [-0.3, -0.25) is 4.79 Å². The van der Waals surface area contributed by atoms with Gasteiger partial charge in [0.2, 0.25) is 0 Å². The van der Waals surface area contributed by atoms with Gasteiger partial charge in [0.15, 0.2) is 0 Å². The van der Waals surface area contributed by atoms with E-state index >= 15 is 0 Å². The third-order valence-electron chi connectivity index (χ3n) is 2.80. The van der Waals surface area contributed by atoms with Crippen molar-refractivity contribution in [2.75, 3.05) is 6.61 Å². The Morgan fingerprint density at radius 1 is 1.52 bits per heavy atom. The number of aliphatic hydroxyl groups is 1. The maximum absolute atomic E-state index is 12.0. The molecule has 1 aromatic heterocycles. The molecule has 1 atom stereocenters. The molecule has 0 aliphatic carbocycles. The summed E-state index contributed by atoms with van der Waals surface area (Å²) in [4.78, 5) is 16.3. The van der Waals surface area contributed by atoms with Crippen LogP contribution in [0.15, 0.2) is 29.6 Å². The number of carbonyl (C=O) groups excluding carboxylic acids is 1. The van der Waals surface area contributed by atoms with Crippen molar-refractivity contribution in [1.82, 2.24) is 10.3 Å². The predicted molar refractivity (Wildman–Crippen MR) is 81.6 cm³/mol. The monoisotopic (exact) mass is 306 g/mol. The SMILES string of the molecule is Cc1nc(COc2cccc(C(=O)NC(C)CO)c2)cs1. The van der Waals surface area contributed by atoms with Crippen molar-refractivity contribution in [2.45, 2.75) is 26.5 Å². The lowest BCUT2D eigenvalue weighted by Gasteiger charge is -2.11. The molecule has 0 saturated heterocycles. The van der Waals surface area contributed by atoms with Crippen molar-refractivity contribution in [2.24, 2.45) is 0 Å². The van der Waals surface area contributed by atoms with Crippen LogP contribution in [-0.4, -0.2) is 28.6 Å². The number of thiazole rings is 1. The van der Waals surface area contributed by atoms with E-state index in [9.17, 15) is 4.79 Å². The van der Waals surface area contributed by atoms with E-state index in [0.29, 0.717) is 17.9 Å². The van der Waals surface area contributed by atoms with Gasteiger partial charge in [0.1, 0.15) is 12.4 Å². The Balaban J connectivity index is 1.98. The Hall–Kier alpha value is -1.92. The third kappa shape index (κ3) is 4.54. The summed E-state index contributed by atoms with van der Waals surface area (Å²) >= 11 is 1.58. The molecule has 2 rings (SSSR count). The third-order valence-corrected chi connectivity index (χ3v) is 3.62. The van der Waals surface area contributed by atoms with Crippen molar-refractivity contribution < 1.29 is 14.6 Å². The molecule has 2 N–H and O–H groups in total. The molecule has 1 amide bonds. The number of hydrogen-bond donors (Lipinski definition) is 2. The maximum Gasteiger partial charge on any atom is 0.251 e. The molecule has 0 saturated carbocycles. The number of rotatable bonds is 6. The van der Waals surface area contributed by atoms with Crippen LogP contribution < -0.4 is 10.1 Å². The number of amides is 1. The Labute approximate surface area is 127 Å². The zero-order valence-electron chi connectivity index (χ0n) is 12.0. The lowest BCUT2D eigenvalue weighted by atomic mass is 10.2. The van der Waals surface area contributed by atoms with Gasteiger partial charge in [-0.2, -0.15) is 0 Å². The van der Waals surface area contributed by atoms with Crippen LogP contribution in [0.25, 0.3) is 0 Å². The predicted octanol–water partition coefficient (Wildman–Crippen LogP) is 2.14. The second-order valence-corrected chi connectivity index (χ2v) is 5.79. The summed E-state index contributed by atoms with van der Waals surface area (Å²) in [6.45, 7) is 3.97. The number of nitrogens with zero attached hydrogens (tertiary/aromatic N) is 1. The van der Waals surface area contributed by atoms with E-state index < -0.39 is 0 Å². The molecule has 21 heavy (non-hydrogen) atoms. The lowest BCUT2D eigenvalue weighted by Crippen LogP contribution is -2.34. The van der Waals surface area contributed by atoms with Gasteiger partial charge in [-0.1, -0.05) is 6.07 Å². The molecule has 112 valence electrons. The number of aryl methyl sites for hydroxylation is 1. The number of aromatic nitrogens is 1. The average Bonchev–Trinajstić information content (AvgIpc) is 2.91. The molecule has 5 nitrogen and oxygen atoms in total. The fourth-order valence-corrected chi connectivity index (χ4v) is 2.31. The Morgan fingerprint density at radius 2 is 2.33 bits per heavy atom. The fourth-order valence-electron chi connectivity index (χ4n) is 1.71. The van der Waals surface area contributed by atoms with E-state index in [1.54, 1.807) is 42.5 Å². The Morgan fingerprint density at radius 3 is 3.00 bits per heavy atom. The van der Waals surface area contributed by atoms with Crippen LogP contribution >= 0.6 is 11.3 Å². The summed E-state index contributed by atoms with van der Waals surface area (Å²) in [7, 11) is 0. The number of ether oxygens (including phenoxy) is 1. The summed E-state index contributed by atoms with van der Waals surface area (Å²) < 4.78 is 5.64. The minimum absolute atomic E-state index is 0.0922. The molecule has 1 aromatic carbocycles. The topological polar surface area (TPSA) is 71.5 Å². The summed E-state index contributed by atoms with van der Waals surface area (Å²) in [5.41, 5.74) is 1.38. The van der Waals surface area contributed by atoms with Crippen LogP contribution in [0.1, 0.15) is 28.0 Å². The molecule has 0 fully saturated rings. The van der Waals surface area contributed by atoms with Gasteiger partial charge in [0, 0.05) is 17.0 Å². The number of aliphatic hydroxyl groups excluding tert-OH is 1. The van der Waals surface area contributed by atoms with Gasteiger partial charge in [0.25, 0.3) is 5.91 Å². The molecule has 0 aliphatic heterocycles. The normalized spacial score (nSPS) is 12.0. The smallest absolute Gasteiger partial charge is 0.251 e. The van der Waals surface area contributed by atoms with Gasteiger partial charge in [-0.25, -0.2) is 4.98 Å². The summed E-state index contributed by atoms with van der Waals surface area (Å²) in [6, 6.07) is 6.67. The second kappa shape index (κ2) is 7.19. The first-order valence-corrected chi connectivity index (χ1v) is 7.52. The van der Waals surface area contributed by atoms with Crippen molar-refractivity contribution in [3.8, 4) is 5.75 Å². The van der Waals surface area contributed by atoms with E-state index in [-0.39, 0.29) is 18.6 Å². The highest BCUT2D eigenvalue weighted by molar-refractivity contribution is 7.09. The van der Waals surface area contributed by atoms with E-state index in [1.807, 2.05) is 12.3 Å². The van der Waals surface area contributed by atoms with Crippen LogP contribution in [0, 0.1) is 6.92 Å². The van der Waals surface area contributed by atoms with E-state index in [1.165, 1.54) is 0 Å². The maximum atomic E-state index is 12.0. The van der Waals surface area contributed by atoms with E-state index in [0.717, 1.165) is 10.7 Å². The molecule has 0 bridgehead atoms. The molecule has 0 spiro atoms. The van der Waals surface area contributed by atoms with Gasteiger partial charge in [-0.05, 0) is 32.0 Å². The average molecular weight is 306 g/mol. The summed E-state index contributed by atoms with van der Waals surface area (Å²) in [6.07, 6.45) is 0. The number of hydrogen-bond acceptors (Lipinski definition) is 5. The van der Waals surface area contributed by atoms with Crippen molar-refractivity contribution in [1.29, 1.82) is 0 Å². The van der Waals surface area contributed by atoms with Gasteiger partial charge in [-0.15, -0.1) is 11.3 Å². The fraction of sp³-hybridized carbons (Fsp3) is 0.333. The second-order valence-electron chi connectivity index (χ2n) is 4.73. The molecule has 0 aliphatic rings. The molecule has 1 unspecified atom stereocenters. The first-order chi connectivity index (χ1) is 10.1. The standard InChI is InChI=1S/C15H18N2O3S/c1-10(7-18)16-15(19)12-4-3-5-14(6-12)20-8-13-9-21-11(2)17-13/h3-6,9-10,18H,7-8H2,1-2H3,(H,16,19). The molecule has 2 aromatic rings. The summed E-state index contributed by atoms with van der Waals surface area (Å²) in [5.74, 6) is 0.386. The molecule has 6 heteroatoms. The molecule has 0 radical (unpaired) electrons.